The zero-order valence-electron chi connectivity index (χ0n) is 13.5. The normalized spacial score (nSPS) is 23.2. The van der Waals surface area contributed by atoms with Crippen molar-refractivity contribution in [3.05, 3.63) is 35.6 Å². The van der Waals surface area contributed by atoms with E-state index in [0.29, 0.717) is 39.3 Å². The molecule has 2 heterocycles. The summed E-state index contributed by atoms with van der Waals surface area (Å²) in [5, 5.41) is 0. The van der Waals surface area contributed by atoms with Gasteiger partial charge in [0.25, 0.3) is 10.2 Å². The average molecular weight is 341 g/mol. The van der Waals surface area contributed by atoms with Gasteiger partial charge in [-0.2, -0.15) is 17.0 Å². The molecule has 1 unspecified atom stereocenters. The Balaban J connectivity index is 1.60. The van der Waals surface area contributed by atoms with E-state index in [1.165, 1.54) is 12.1 Å². The standard InChI is InChI=1S/C16H24FN3O2S/c1-14(15-4-6-16(17)7-5-15)18-10-12-20(13-11-18)23(21,22)19-8-2-3-9-19/h4-7,14H,2-3,8-13H2,1H3. The van der Waals surface area contributed by atoms with Gasteiger partial charge in [-0.15, -0.1) is 0 Å². The summed E-state index contributed by atoms with van der Waals surface area (Å²) >= 11 is 0. The van der Waals surface area contributed by atoms with Gasteiger partial charge >= 0.3 is 0 Å². The summed E-state index contributed by atoms with van der Waals surface area (Å²) in [6.07, 6.45) is 1.92. The van der Waals surface area contributed by atoms with Crippen LogP contribution in [0, 0.1) is 5.82 Å². The van der Waals surface area contributed by atoms with Crippen LogP contribution in [0.1, 0.15) is 31.4 Å². The molecule has 0 aromatic heterocycles. The Hall–Kier alpha value is -1.02. The van der Waals surface area contributed by atoms with Crippen molar-refractivity contribution in [3.63, 3.8) is 0 Å². The molecule has 2 saturated heterocycles. The maximum absolute atomic E-state index is 13.0. The Bertz CT molecular complexity index is 621. The van der Waals surface area contributed by atoms with Crippen molar-refractivity contribution in [2.45, 2.75) is 25.8 Å². The fourth-order valence-corrected chi connectivity index (χ4v) is 5.03. The fourth-order valence-electron chi connectivity index (χ4n) is 3.36. The number of rotatable bonds is 4. The molecule has 2 aliphatic heterocycles. The monoisotopic (exact) mass is 341 g/mol. The van der Waals surface area contributed by atoms with Crippen molar-refractivity contribution in [1.29, 1.82) is 0 Å². The van der Waals surface area contributed by atoms with Gasteiger partial charge in [0.1, 0.15) is 5.82 Å². The third-order valence-electron chi connectivity index (χ3n) is 4.89. The average Bonchev–Trinajstić information content (AvgIpc) is 3.10. The van der Waals surface area contributed by atoms with Gasteiger partial charge in [-0.05, 0) is 37.5 Å². The Morgan fingerprint density at radius 2 is 1.43 bits per heavy atom. The molecule has 0 amide bonds. The van der Waals surface area contributed by atoms with Gasteiger partial charge in [0.2, 0.25) is 0 Å². The second-order valence-electron chi connectivity index (χ2n) is 6.28. The first kappa shape index (κ1) is 16.8. The lowest BCUT2D eigenvalue weighted by molar-refractivity contribution is 0.142. The molecular weight excluding hydrogens is 317 g/mol. The van der Waals surface area contributed by atoms with Gasteiger partial charge in [-0.1, -0.05) is 12.1 Å². The van der Waals surface area contributed by atoms with E-state index in [-0.39, 0.29) is 11.9 Å². The van der Waals surface area contributed by atoms with Crippen LogP contribution in [0.3, 0.4) is 0 Å². The van der Waals surface area contributed by atoms with Crippen LogP contribution in [0.25, 0.3) is 0 Å². The zero-order valence-corrected chi connectivity index (χ0v) is 14.3. The summed E-state index contributed by atoms with van der Waals surface area (Å²) < 4.78 is 41.4. The Kier molecular flexibility index (Phi) is 5.01. The van der Waals surface area contributed by atoms with Gasteiger partial charge in [-0.3, -0.25) is 4.90 Å². The minimum Gasteiger partial charge on any atom is -0.294 e. The lowest BCUT2D eigenvalue weighted by Gasteiger charge is -2.38. The second-order valence-corrected chi connectivity index (χ2v) is 8.20. The fraction of sp³-hybridized carbons (Fsp3) is 0.625. The molecule has 2 aliphatic rings. The number of benzene rings is 1. The third-order valence-corrected chi connectivity index (χ3v) is 6.93. The van der Waals surface area contributed by atoms with E-state index < -0.39 is 10.2 Å². The highest BCUT2D eigenvalue weighted by atomic mass is 32.2. The lowest BCUT2D eigenvalue weighted by atomic mass is 10.1. The highest BCUT2D eigenvalue weighted by Crippen LogP contribution is 2.24. The van der Waals surface area contributed by atoms with E-state index in [1.807, 2.05) is 0 Å². The molecule has 1 aromatic rings. The molecule has 1 aromatic carbocycles. The molecule has 128 valence electrons. The Morgan fingerprint density at radius 1 is 0.913 bits per heavy atom. The van der Waals surface area contributed by atoms with Crippen LogP contribution in [0.15, 0.2) is 24.3 Å². The van der Waals surface area contributed by atoms with Gasteiger partial charge < -0.3 is 0 Å². The number of hydrogen-bond acceptors (Lipinski definition) is 3. The molecule has 23 heavy (non-hydrogen) atoms. The van der Waals surface area contributed by atoms with Crippen molar-refractivity contribution in [2.75, 3.05) is 39.3 Å². The molecule has 3 rings (SSSR count). The van der Waals surface area contributed by atoms with E-state index >= 15 is 0 Å². The lowest BCUT2D eigenvalue weighted by Crippen LogP contribution is -2.52. The van der Waals surface area contributed by atoms with Crippen molar-refractivity contribution < 1.29 is 12.8 Å². The van der Waals surface area contributed by atoms with Crippen LogP contribution in [-0.2, 0) is 10.2 Å². The molecule has 7 heteroatoms. The van der Waals surface area contributed by atoms with Gasteiger partial charge in [0, 0.05) is 45.3 Å². The molecule has 0 radical (unpaired) electrons. The first-order valence-corrected chi connectivity index (χ1v) is 9.63. The summed E-state index contributed by atoms with van der Waals surface area (Å²) in [5.74, 6) is -0.234. The summed E-state index contributed by atoms with van der Waals surface area (Å²) in [7, 11) is -3.29. The number of hydrogen-bond donors (Lipinski definition) is 0. The van der Waals surface area contributed by atoms with Crippen molar-refractivity contribution in [1.82, 2.24) is 13.5 Å². The predicted octanol–water partition coefficient (Wildman–Crippen LogP) is 1.84. The van der Waals surface area contributed by atoms with E-state index in [4.69, 9.17) is 0 Å². The molecule has 0 spiro atoms. The van der Waals surface area contributed by atoms with Crippen LogP contribution in [0.2, 0.25) is 0 Å². The smallest absolute Gasteiger partial charge is 0.282 e. The van der Waals surface area contributed by atoms with Gasteiger partial charge in [0.15, 0.2) is 0 Å². The molecule has 0 bridgehead atoms. The molecule has 0 saturated carbocycles. The highest BCUT2D eigenvalue weighted by molar-refractivity contribution is 7.86. The van der Waals surface area contributed by atoms with Crippen molar-refractivity contribution in [2.24, 2.45) is 0 Å². The van der Waals surface area contributed by atoms with Crippen molar-refractivity contribution in [3.8, 4) is 0 Å². The Labute approximate surface area is 137 Å². The van der Waals surface area contributed by atoms with E-state index in [0.717, 1.165) is 18.4 Å². The largest absolute Gasteiger partial charge is 0.294 e. The quantitative estimate of drug-likeness (QED) is 0.839. The molecule has 2 fully saturated rings. The zero-order chi connectivity index (χ0) is 16.4. The maximum atomic E-state index is 13.0. The van der Waals surface area contributed by atoms with Crippen molar-refractivity contribution >= 4 is 10.2 Å². The first-order valence-electron chi connectivity index (χ1n) is 8.23. The summed E-state index contributed by atoms with van der Waals surface area (Å²) in [6.45, 7) is 5.81. The summed E-state index contributed by atoms with van der Waals surface area (Å²) in [4.78, 5) is 2.25. The summed E-state index contributed by atoms with van der Waals surface area (Å²) in [6, 6.07) is 6.70. The number of halogens is 1. The van der Waals surface area contributed by atoms with Crippen LogP contribution in [0.5, 0.6) is 0 Å². The minimum atomic E-state index is -3.29. The third kappa shape index (κ3) is 3.57. The molecular formula is C16H24FN3O2S. The maximum Gasteiger partial charge on any atom is 0.282 e. The first-order chi connectivity index (χ1) is 11.0. The number of nitrogens with zero attached hydrogens (tertiary/aromatic N) is 3. The van der Waals surface area contributed by atoms with Gasteiger partial charge in [0.05, 0.1) is 0 Å². The Morgan fingerprint density at radius 3 is 2.00 bits per heavy atom. The van der Waals surface area contributed by atoms with E-state index in [1.54, 1.807) is 20.7 Å². The predicted molar refractivity (Wildman–Crippen MR) is 87.7 cm³/mol. The highest BCUT2D eigenvalue weighted by Gasteiger charge is 2.34. The molecule has 5 nitrogen and oxygen atoms in total. The second kappa shape index (κ2) is 6.84. The minimum absolute atomic E-state index is 0.159. The number of piperazine rings is 1. The topological polar surface area (TPSA) is 43.9 Å². The molecule has 1 atom stereocenters. The molecule has 0 aliphatic carbocycles. The van der Waals surface area contributed by atoms with E-state index in [9.17, 15) is 12.8 Å². The van der Waals surface area contributed by atoms with Crippen LogP contribution >= 0.6 is 0 Å². The SMILES string of the molecule is CC(c1ccc(F)cc1)N1CCN(S(=O)(=O)N2CCCC2)CC1. The van der Waals surface area contributed by atoms with Crippen LogP contribution < -0.4 is 0 Å². The summed E-state index contributed by atoms with van der Waals surface area (Å²) in [5.41, 5.74) is 1.06. The molecule has 0 N–H and O–H groups in total. The van der Waals surface area contributed by atoms with Gasteiger partial charge in [-0.25, -0.2) is 4.39 Å². The van der Waals surface area contributed by atoms with Crippen LogP contribution in [-0.4, -0.2) is 61.2 Å². The van der Waals surface area contributed by atoms with E-state index in [2.05, 4.69) is 11.8 Å². The van der Waals surface area contributed by atoms with Crippen LogP contribution in [0.4, 0.5) is 4.39 Å².